The predicted octanol–water partition coefficient (Wildman–Crippen LogP) is -1.47. The van der Waals surface area contributed by atoms with Gasteiger partial charge in [-0.25, -0.2) is 28.6 Å². The number of hydrogen-bond donors (Lipinski definition) is 13. The molecule has 6 aliphatic rings. The van der Waals surface area contributed by atoms with Crippen LogP contribution in [0.25, 0.3) is 11.2 Å². The standard InChI is InChI=1S/C17H28N5O8P.C13H19N2O8P.C10H15N2O8P.CH4/c1-2-3-6-28-7-4-5-18-15-12-16(20-9-19-15)22(10-21-12)17-14(24)13(23)11(30-17)8-29-31(25,26)27;1-7-14-9(16)4-5-15(7)12-11-10(22-13(2,3)23-11)8(21-12)6-20-24(17,18)19;1-5-11-7(13)2-3-12(5)10-9(15)8(14)6(20-10)4-19-21(16,17)18;/h9-11,13-14,17,23-24H,2-8H2,1H3,(H,18,19,20)(H2,25,26,27);4-5,8,10-12H,1,6H2,2-3H3,(H,14,16)(H2,17,18,19);2-3,6,8-10,14-15H,1,4H2,(H,11,13)(H2,16,17,18);1H4/t11-,13-,14-,17-;8-,10-,11?,12-;6-,8-,9?,10-;/m111./s1. The molecule has 77 heavy (non-hydrogen) atoms. The Balaban J connectivity index is 0.000000216. The van der Waals surface area contributed by atoms with Crippen molar-refractivity contribution >= 4 is 52.3 Å². The average molecular weight is 1160 g/mol. The van der Waals surface area contributed by atoms with E-state index in [1.165, 1.54) is 46.7 Å². The highest BCUT2D eigenvalue weighted by Gasteiger charge is 2.57. The molecule has 0 saturated carbocycles. The minimum atomic E-state index is -4.74. The lowest BCUT2D eigenvalue weighted by molar-refractivity contribution is -0.202. The number of nitrogens with zero attached hydrogens (tertiary/aromatic N) is 6. The molecule has 4 fully saturated rings. The van der Waals surface area contributed by atoms with E-state index in [-0.39, 0.29) is 25.8 Å². The van der Waals surface area contributed by atoms with Crippen molar-refractivity contribution in [2.45, 2.75) is 127 Å². The number of nitrogens with one attached hydrogen (secondary N) is 3. The van der Waals surface area contributed by atoms with Crippen molar-refractivity contribution in [2.24, 2.45) is 0 Å². The fourth-order valence-corrected chi connectivity index (χ4v) is 9.09. The van der Waals surface area contributed by atoms with Crippen molar-refractivity contribution in [1.29, 1.82) is 0 Å². The van der Waals surface area contributed by atoms with Gasteiger partial charge in [0, 0.05) is 44.3 Å². The zero-order valence-corrected chi connectivity index (χ0v) is 43.6. The van der Waals surface area contributed by atoms with Gasteiger partial charge in [0.25, 0.3) is 11.8 Å². The number of phosphoric ester groups is 3. The Morgan fingerprint density at radius 1 is 0.688 bits per heavy atom. The molecule has 36 heteroatoms. The first-order valence-corrected chi connectivity index (χ1v) is 27.7. The molecular formula is C41H66N9O24P3. The molecule has 6 aliphatic heterocycles. The monoisotopic (exact) mass is 1160 g/mol. The Kier molecular flexibility index (Phi) is 22.2. The van der Waals surface area contributed by atoms with E-state index < -0.39 is 122 Å². The first-order valence-electron chi connectivity index (χ1n) is 23.1. The van der Waals surface area contributed by atoms with Crippen LogP contribution in [0.15, 0.2) is 62.0 Å². The molecule has 0 aromatic carbocycles. The smallest absolute Gasteiger partial charge is 0.387 e. The van der Waals surface area contributed by atoms with E-state index in [4.69, 9.17) is 57.8 Å². The highest BCUT2D eigenvalue weighted by Crippen LogP contribution is 2.44. The number of aromatic nitrogens is 4. The summed E-state index contributed by atoms with van der Waals surface area (Å²) in [6.45, 7) is 13.3. The van der Waals surface area contributed by atoms with Gasteiger partial charge in [-0.15, -0.1) is 0 Å². The van der Waals surface area contributed by atoms with Crippen LogP contribution in [0.1, 0.15) is 53.7 Å². The normalized spacial score (nSPS) is 29.8. The first kappa shape index (κ1) is 63.6. The number of aliphatic hydroxyl groups excluding tert-OH is 4. The number of ether oxygens (including phenoxy) is 6. The third-order valence-electron chi connectivity index (χ3n) is 11.5. The lowest BCUT2D eigenvalue weighted by atomic mass is 10.1. The van der Waals surface area contributed by atoms with E-state index in [1.807, 2.05) is 0 Å². The number of phosphoric acid groups is 3. The summed E-state index contributed by atoms with van der Waals surface area (Å²) in [6.07, 6.45) is -1.66. The van der Waals surface area contributed by atoms with E-state index in [0.717, 1.165) is 25.9 Å². The summed E-state index contributed by atoms with van der Waals surface area (Å²) in [5, 5.41) is 48.4. The molecule has 2 aromatic heterocycles. The molecular weight excluding hydrogens is 1100 g/mol. The number of aliphatic hydroxyl groups is 4. The van der Waals surface area contributed by atoms with Gasteiger partial charge in [0.15, 0.2) is 41.5 Å². The Morgan fingerprint density at radius 2 is 1.17 bits per heavy atom. The number of carbonyl (C=O) groups is 2. The fourth-order valence-electron chi connectivity index (χ4n) is 8.07. The number of anilines is 1. The summed E-state index contributed by atoms with van der Waals surface area (Å²) in [4.78, 5) is 90.7. The van der Waals surface area contributed by atoms with Crippen LogP contribution < -0.4 is 16.0 Å². The van der Waals surface area contributed by atoms with Crippen LogP contribution >= 0.6 is 23.5 Å². The third kappa shape index (κ3) is 17.4. The molecule has 2 unspecified atom stereocenters. The van der Waals surface area contributed by atoms with Crippen LogP contribution in [0.4, 0.5) is 5.82 Å². The van der Waals surface area contributed by atoms with Gasteiger partial charge in [-0.2, -0.15) is 0 Å². The second kappa shape index (κ2) is 26.8. The SMILES string of the molecule is C.C=C1NC(=O)C=CN1[C@@H]1O[C@H](COP(=O)(O)O)[C@@H](O)C1O.C=C1NC(=O)C=CN1[C@@H]1O[C@H](COP(=O)(O)O)[C@H]2OC(C)(C)OC12.CCCCOCCCNc1ncnc2c1ncn2[C@@H]1O[C@H](COP(=O)(O)O)[C@@H](O)[C@H]1O. The molecule has 4 saturated heterocycles. The summed E-state index contributed by atoms with van der Waals surface area (Å²) in [7, 11) is -14.1. The summed E-state index contributed by atoms with van der Waals surface area (Å²) in [6, 6.07) is 0. The number of amides is 2. The van der Waals surface area contributed by atoms with Crippen molar-refractivity contribution < 1.29 is 115 Å². The van der Waals surface area contributed by atoms with E-state index >= 15 is 0 Å². The quantitative estimate of drug-likeness (QED) is 0.0531. The summed E-state index contributed by atoms with van der Waals surface area (Å²) in [5.41, 5.74) is 0.819. The summed E-state index contributed by atoms with van der Waals surface area (Å²) >= 11 is 0. The molecule has 0 radical (unpaired) electrons. The van der Waals surface area contributed by atoms with Gasteiger partial charge < -0.3 is 104 Å². The average Bonchev–Trinajstić information content (AvgIpc) is 4.12. The largest absolute Gasteiger partial charge is 0.469 e. The predicted molar refractivity (Wildman–Crippen MR) is 260 cm³/mol. The maximum atomic E-state index is 11.4. The zero-order chi connectivity index (χ0) is 55.9. The first-order chi connectivity index (χ1) is 35.6. The number of unbranched alkanes of at least 4 members (excludes halogenated alkanes) is 1. The van der Waals surface area contributed by atoms with Gasteiger partial charge in [-0.3, -0.25) is 27.7 Å². The second-order valence-corrected chi connectivity index (χ2v) is 21.4. The number of hydrogen-bond acceptors (Lipinski definition) is 24. The molecule has 2 aromatic rings. The van der Waals surface area contributed by atoms with Crippen molar-refractivity contribution in [3.63, 3.8) is 0 Å². The Hall–Kier alpha value is -4.22. The molecule has 434 valence electrons. The lowest BCUT2D eigenvalue weighted by Crippen LogP contribution is -2.46. The van der Waals surface area contributed by atoms with Crippen molar-refractivity contribution in [2.75, 3.05) is 44.9 Å². The van der Waals surface area contributed by atoms with Gasteiger partial charge >= 0.3 is 23.5 Å². The van der Waals surface area contributed by atoms with Crippen LogP contribution in [0.3, 0.4) is 0 Å². The minimum absolute atomic E-state index is 0. The van der Waals surface area contributed by atoms with Gasteiger partial charge in [0.1, 0.15) is 72.9 Å². The van der Waals surface area contributed by atoms with Crippen LogP contribution in [0, 0.1) is 0 Å². The van der Waals surface area contributed by atoms with Gasteiger partial charge in [0.2, 0.25) is 0 Å². The number of carbonyl (C=O) groups excluding carboxylic acids is 2. The van der Waals surface area contributed by atoms with Crippen molar-refractivity contribution in [1.82, 2.24) is 40.0 Å². The maximum absolute atomic E-state index is 11.4. The van der Waals surface area contributed by atoms with Crippen molar-refractivity contribution in [3.05, 3.63) is 62.0 Å². The van der Waals surface area contributed by atoms with Gasteiger partial charge in [-0.05, 0) is 26.7 Å². The Morgan fingerprint density at radius 3 is 1.70 bits per heavy atom. The lowest BCUT2D eigenvalue weighted by Gasteiger charge is -2.34. The van der Waals surface area contributed by atoms with Crippen molar-refractivity contribution in [3.8, 4) is 0 Å². The minimum Gasteiger partial charge on any atom is -0.387 e. The Labute approximate surface area is 440 Å². The molecule has 8 heterocycles. The third-order valence-corrected chi connectivity index (χ3v) is 13.0. The van der Waals surface area contributed by atoms with E-state index in [1.54, 1.807) is 18.7 Å². The number of fused-ring (bicyclic) bond motifs is 2. The molecule has 8 rings (SSSR count). The molecule has 0 spiro atoms. The summed E-state index contributed by atoms with van der Waals surface area (Å²) < 4.78 is 81.0. The molecule has 13 N–H and O–H groups in total. The highest BCUT2D eigenvalue weighted by atomic mass is 31.2. The number of imidazole rings is 1. The molecule has 12 atom stereocenters. The fraction of sp³-hybridized carbons (Fsp3) is 0.634. The topological polar surface area (TPSA) is 457 Å². The zero-order valence-electron chi connectivity index (χ0n) is 40.9. The molecule has 33 nitrogen and oxygen atoms in total. The molecule has 0 bridgehead atoms. The van der Waals surface area contributed by atoms with E-state index in [2.05, 4.69) is 64.6 Å². The van der Waals surface area contributed by atoms with E-state index in [9.17, 15) is 43.7 Å². The van der Waals surface area contributed by atoms with Crippen LogP contribution in [0.5, 0.6) is 0 Å². The van der Waals surface area contributed by atoms with Crippen LogP contribution in [-0.4, -0.2) is 204 Å². The number of rotatable bonds is 20. The van der Waals surface area contributed by atoms with E-state index in [0.29, 0.717) is 36.0 Å². The molecule has 0 aliphatic carbocycles. The van der Waals surface area contributed by atoms with Crippen LogP contribution in [0.2, 0.25) is 0 Å². The van der Waals surface area contributed by atoms with Crippen LogP contribution in [-0.2, 0) is 65.3 Å². The second-order valence-electron chi connectivity index (χ2n) is 17.7. The van der Waals surface area contributed by atoms with Gasteiger partial charge in [-0.1, -0.05) is 33.9 Å². The highest BCUT2D eigenvalue weighted by molar-refractivity contribution is 7.46. The van der Waals surface area contributed by atoms with Gasteiger partial charge in [0.05, 0.1) is 26.1 Å². The molecule has 2 amide bonds. The summed E-state index contributed by atoms with van der Waals surface area (Å²) in [5.74, 6) is -0.651. The maximum Gasteiger partial charge on any atom is 0.469 e. The Bertz CT molecular complexity index is 2580.